The van der Waals surface area contributed by atoms with E-state index >= 15 is 0 Å². The van der Waals surface area contributed by atoms with E-state index in [-0.39, 0.29) is 12.1 Å². The van der Waals surface area contributed by atoms with Crippen LogP contribution in [0.5, 0.6) is 0 Å². The fourth-order valence-electron chi connectivity index (χ4n) is 2.19. The summed E-state index contributed by atoms with van der Waals surface area (Å²) in [6.07, 6.45) is 3.48. The zero-order chi connectivity index (χ0) is 11.4. The van der Waals surface area contributed by atoms with Crippen LogP contribution in [0.15, 0.2) is 16.8 Å². The van der Waals surface area contributed by atoms with Crippen LogP contribution in [0.3, 0.4) is 0 Å². The molecule has 0 radical (unpaired) electrons. The quantitative estimate of drug-likeness (QED) is 0.751. The molecule has 1 aromatic rings. The second-order valence-corrected chi connectivity index (χ2v) is 5.22. The van der Waals surface area contributed by atoms with E-state index in [0.29, 0.717) is 6.54 Å². The van der Waals surface area contributed by atoms with Gasteiger partial charge in [0.25, 0.3) is 0 Å². The number of rotatable bonds is 4. The maximum atomic E-state index is 9.89. The van der Waals surface area contributed by atoms with Gasteiger partial charge in [-0.15, -0.1) is 0 Å². The highest BCUT2D eigenvalue weighted by molar-refractivity contribution is 7.07. The average molecular weight is 241 g/mol. The lowest BCUT2D eigenvalue weighted by Crippen LogP contribution is -2.43. The van der Waals surface area contributed by atoms with Gasteiger partial charge in [-0.05, 0) is 35.2 Å². The molecule has 0 spiro atoms. The van der Waals surface area contributed by atoms with Crippen molar-refractivity contribution in [3.63, 3.8) is 0 Å². The Morgan fingerprint density at radius 3 is 2.94 bits per heavy atom. The van der Waals surface area contributed by atoms with Crippen LogP contribution in [0.1, 0.15) is 37.4 Å². The van der Waals surface area contributed by atoms with Crippen molar-refractivity contribution in [2.24, 2.45) is 0 Å². The SMILES string of the molecule is OC(CN[C@@H]1CCCC[C@H]1O)c1ccsc1. The first-order valence-corrected chi connectivity index (χ1v) is 6.83. The van der Waals surface area contributed by atoms with E-state index in [1.165, 1.54) is 6.42 Å². The van der Waals surface area contributed by atoms with Crippen LogP contribution in [0.2, 0.25) is 0 Å². The molecular weight excluding hydrogens is 222 g/mol. The van der Waals surface area contributed by atoms with Gasteiger partial charge in [-0.1, -0.05) is 12.8 Å². The van der Waals surface area contributed by atoms with Gasteiger partial charge >= 0.3 is 0 Å². The van der Waals surface area contributed by atoms with Crippen LogP contribution >= 0.6 is 11.3 Å². The second kappa shape index (κ2) is 5.77. The summed E-state index contributed by atoms with van der Waals surface area (Å²) in [6.45, 7) is 0.526. The molecule has 90 valence electrons. The largest absolute Gasteiger partial charge is 0.392 e. The molecular formula is C12H19NO2S. The van der Waals surface area contributed by atoms with Crippen LogP contribution in [-0.2, 0) is 0 Å². The van der Waals surface area contributed by atoms with Crippen molar-refractivity contribution in [2.45, 2.75) is 43.9 Å². The highest BCUT2D eigenvalue weighted by Gasteiger charge is 2.23. The standard InChI is InChI=1S/C12H19NO2S/c14-11-4-2-1-3-10(11)13-7-12(15)9-5-6-16-8-9/h5-6,8,10-15H,1-4,7H2/t10-,11-,12?/m1/s1. The van der Waals surface area contributed by atoms with E-state index < -0.39 is 6.10 Å². The van der Waals surface area contributed by atoms with Gasteiger partial charge in [0.15, 0.2) is 0 Å². The minimum atomic E-state index is -0.458. The summed E-state index contributed by atoms with van der Waals surface area (Å²) >= 11 is 1.59. The van der Waals surface area contributed by atoms with Crippen molar-refractivity contribution in [3.05, 3.63) is 22.4 Å². The number of aliphatic hydroxyl groups excluding tert-OH is 2. The third-order valence-electron chi connectivity index (χ3n) is 3.23. The van der Waals surface area contributed by atoms with Gasteiger partial charge in [0.2, 0.25) is 0 Å². The van der Waals surface area contributed by atoms with E-state index in [4.69, 9.17) is 0 Å². The molecule has 0 aromatic carbocycles. The minimum Gasteiger partial charge on any atom is -0.392 e. The first-order chi connectivity index (χ1) is 7.77. The predicted octanol–water partition coefficient (Wildman–Crippen LogP) is 1.67. The zero-order valence-corrected chi connectivity index (χ0v) is 10.1. The Morgan fingerprint density at radius 2 is 2.25 bits per heavy atom. The molecule has 3 atom stereocenters. The van der Waals surface area contributed by atoms with E-state index in [2.05, 4.69) is 5.32 Å². The summed E-state index contributed by atoms with van der Waals surface area (Å²) in [4.78, 5) is 0. The normalized spacial score (nSPS) is 27.9. The number of aliphatic hydroxyl groups is 2. The van der Waals surface area contributed by atoms with Gasteiger partial charge in [-0.2, -0.15) is 11.3 Å². The lowest BCUT2D eigenvalue weighted by molar-refractivity contribution is 0.0798. The molecule has 2 rings (SSSR count). The zero-order valence-electron chi connectivity index (χ0n) is 9.30. The maximum absolute atomic E-state index is 9.89. The van der Waals surface area contributed by atoms with Gasteiger partial charge in [-0.25, -0.2) is 0 Å². The fourth-order valence-corrected chi connectivity index (χ4v) is 2.90. The summed E-state index contributed by atoms with van der Waals surface area (Å²) < 4.78 is 0. The van der Waals surface area contributed by atoms with Gasteiger partial charge < -0.3 is 15.5 Å². The molecule has 0 bridgehead atoms. The third kappa shape index (κ3) is 3.04. The van der Waals surface area contributed by atoms with Gasteiger partial charge in [0.1, 0.15) is 0 Å². The van der Waals surface area contributed by atoms with Crippen molar-refractivity contribution in [3.8, 4) is 0 Å². The third-order valence-corrected chi connectivity index (χ3v) is 3.93. The maximum Gasteiger partial charge on any atom is 0.0922 e. The molecule has 1 aromatic heterocycles. The summed E-state index contributed by atoms with van der Waals surface area (Å²) in [7, 11) is 0. The molecule has 1 saturated carbocycles. The molecule has 1 heterocycles. The Morgan fingerprint density at radius 1 is 1.44 bits per heavy atom. The molecule has 16 heavy (non-hydrogen) atoms. The molecule has 0 saturated heterocycles. The van der Waals surface area contributed by atoms with Crippen LogP contribution in [0, 0.1) is 0 Å². The van der Waals surface area contributed by atoms with Gasteiger partial charge in [-0.3, -0.25) is 0 Å². The molecule has 1 unspecified atom stereocenters. The van der Waals surface area contributed by atoms with Crippen LogP contribution in [0.25, 0.3) is 0 Å². The Kier molecular flexibility index (Phi) is 4.35. The number of thiophene rings is 1. The summed E-state index contributed by atoms with van der Waals surface area (Å²) in [5.41, 5.74) is 0.961. The van der Waals surface area contributed by atoms with Crippen molar-refractivity contribution in [1.29, 1.82) is 0 Å². The summed E-state index contributed by atoms with van der Waals surface area (Å²) in [5.74, 6) is 0. The Hall–Kier alpha value is -0.420. The monoisotopic (exact) mass is 241 g/mol. The first kappa shape index (κ1) is 12.0. The summed E-state index contributed by atoms with van der Waals surface area (Å²) in [5, 5.41) is 26.9. The van der Waals surface area contributed by atoms with Crippen molar-refractivity contribution >= 4 is 11.3 Å². The Bertz CT molecular complexity index is 302. The Labute approximate surface area is 100 Å². The average Bonchev–Trinajstić information content (AvgIpc) is 2.81. The molecule has 3 N–H and O–H groups in total. The molecule has 3 nitrogen and oxygen atoms in total. The molecule has 0 aliphatic heterocycles. The van der Waals surface area contributed by atoms with Gasteiger partial charge in [0.05, 0.1) is 12.2 Å². The molecule has 1 fully saturated rings. The smallest absolute Gasteiger partial charge is 0.0922 e. The lowest BCUT2D eigenvalue weighted by Gasteiger charge is -2.29. The predicted molar refractivity (Wildman–Crippen MR) is 65.5 cm³/mol. The fraction of sp³-hybridized carbons (Fsp3) is 0.667. The van der Waals surface area contributed by atoms with Gasteiger partial charge in [0, 0.05) is 12.6 Å². The first-order valence-electron chi connectivity index (χ1n) is 5.89. The topological polar surface area (TPSA) is 52.5 Å². The minimum absolute atomic E-state index is 0.155. The van der Waals surface area contributed by atoms with Crippen molar-refractivity contribution in [1.82, 2.24) is 5.32 Å². The molecule has 4 heteroatoms. The van der Waals surface area contributed by atoms with E-state index in [0.717, 1.165) is 24.8 Å². The van der Waals surface area contributed by atoms with E-state index in [1.54, 1.807) is 11.3 Å². The number of nitrogens with one attached hydrogen (secondary N) is 1. The molecule has 1 aliphatic rings. The van der Waals surface area contributed by atoms with Crippen molar-refractivity contribution in [2.75, 3.05) is 6.54 Å². The summed E-state index contributed by atoms with van der Waals surface area (Å²) in [6, 6.07) is 2.09. The highest BCUT2D eigenvalue weighted by Crippen LogP contribution is 2.20. The van der Waals surface area contributed by atoms with E-state index in [1.807, 2.05) is 16.8 Å². The molecule has 0 amide bonds. The lowest BCUT2D eigenvalue weighted by atomic mass is 9.92. The van der Waals surface area contributed by atoms with Crippen LogP contribution < -0.4 is 5.32 Å². The second-order valence-electron chi connectivity index (χ2n) is 4.44. The highest BCUT2D eigenvalue weighted by atomic mass is 32.1. The van der Waals surface area contributed by atoms with Crippen molar-refractivity contribution < 1.29 is 10.2 Å². The number of hydrogen-bond donors (Lipinski definition) is 3. The number of hydrogen-bond acceptors (Lipinski definition) is 4. The Balaban J connectivity index is 1.78. The van der Waals surface area contributed by atoms with Crippen LogP contribution in [0.4, 0.5) is 0 Å². The molecule has 1 aliphatic carbocycles. The van der Waals surface area contributed by atoms with Crippen LogP contribution in [-0.4, -0.2) is 28.9 Å². The van der Waals surface area contributed by atoms with E-state index in [9.17, 15) is 10.2 Å².